The van der Waals surface area contributed by atoms with Crippen molar-refractivity contribution in [2.24, 2.45) is 17.4 Å². The second-order valence-corrected chi connectivity index (χ2v) is 7.63. The second-order valence-electron chi connectivity index (χ2n) is 6.36. The van der Waals surface area contributed by atoms with Crippen molar-refractivity contribution in [1.82, 2.24) is 5.32 Å². The first-order valence-corrected chi connectivity index (χ1v) is 9.13. The first-order valence-electron chi connectivity index (χ1n) is 8.08. The number of carbonyl (C=O) groups is 5. The lowest BCUT2D eigenvalue weighted by molar-refractivity contribution is -0.149. The number of ketones is 1. The van der Waals surface area contributed by atoms with Gasteiger partial charge < -0.3 is 32.1 Å². The van der Waals surface area contributed by atoms with Crippen LogP contribution in [0.2, 0.25) is 0 Å². The van der Waals surface area contributed by atoms with Crippen molar-refractivity contribution in [3.05, 3.63) is 0 Å². The number of rotatable bonds is 11. The van der Waals surface area contributed by atoms with E-state index in [9.17, 15) is 34.2 Å². The second kappa shape index (κ2) is 9.67. The Morgan fingerprint density at radius 1 is 1.26 bits per heavy atom. The van der Waals surface area contributed by atoms with Crippen LogP contribution in [0.25, 0.3) is 0 Å². The number of primary amides is 1. The Kier molecular flexibility index (Phi) is 8.19. The normalized spacial score (nSPS) is 22.7. The lowest BCUT2D eigenvalue weighted by Gasteiger charge is -2.33. The maximum atomic E-state index is 12.4. The van der Waals surface area contributed by atoms with Crippen molar-refractivity contribution in [3.63, 3.8) is 0 Å². The van der Waals surface area contributed by atoms with Gasteiger partial charge in [0.05, 0.1) is 12.0 Å². The number of aliphatic hydroxyl groups is 1. The van der Waals surface area contributed by atoms with Crippen molar-refractivity contribution in [3.8, 4) is 0 Å². The summed E-state index contributed by atoms with van der Waals surface area (Å²) in [6.07, 6.45) is -1.70. The molecule has 0 aromatic heterocycles. The molecular formula is C15H23N3O8S. The molecule has 11 nitrogen and oxygen atoms in total. The Balaban J connectivity index is 3.00. The molecule has 0 aromatic rings. The van der Waals surface area contributed by atoms with Gasteiger partial charge in [0.25, 0.3) is 0 Å². The third-order valence-electron chi connectivity index (χ3n) is 4.31. The number of carboxylic acids is 2. The molecule has 0 spiro atoms. The predicted octanol–water partition coefficient (Wildman–Crippen LogP) is -2.32. The minimum Gasteiger partial charge on any atom is -0.480 e. The number of aliphatic carboxylic acids is 2. The molecule has 2 amide bonds. The zero-order valence-corrected chi connectivity index (χ0v) is 15.2. The third-order valence-corrected chi connectivity index (χ3v) is 5.74. The van der Waals surface area contributed by atoms with Crippen molar-refractivity contribution in [1.29, 1.82) is 0 Å². The maximum Gasteiger partial charge on any atom is 0.324 e. The quantitative estimate of drug-likeness (QED) is 0.216. The molecule has 27 heavy (non-hydrogen) atoms. The first kappa shape index (κ1) is 22.9. The van der Waals surface area contributed by atoms with Gasteiger partial charge in [-0.25, -0.2) is 0 Å². The zero-order chi connectivity index (χ0) is 20.8. The summed E-state index contributed by atoms with van der Waals surface area (Å²) < 4.78 is 0. The average Bonchev–Trinajstić information content (AvgIpc) is 2.88. The third kappa shape index (κ3) is 6.48. The molecule has 1 aliphatic rings. The summed E-state index contributed by atoms with van der Waals surface area (Å²) in [7, 11) is 0. The van der Waals surface area contributed by atoms with Crippen LogP contribution in [0, 0.1) is 5.92 Å². The van der Waals surface area contributed by atoms with Crippen LogP contribution in [0.4, 0.5) is 0 Å². The van der Waals surface area contributed by atoms with Crippen LogP contribution >= 0.6 is 11.8 Å². The summed E-state index contributed by atoms with van der Waals surface area (Å²) >= 11 is 1.01. The highest BCUT2D eigenvalue weighted by atomic mass is 32.2. The minimum absolute atomic E-state index is 0.0259. The van der Waals surface area contributed by atoms with E-state index in [1.165, 1.54) is 0 Å². The molecule has 4 unspecified atom stereocenters. The summed E-state index contributed by atoms with van der Waals surface area (Å²) in [4.78, 5) is 57.3. The van der Waals surface area contributed by atoms with Crippen LogP contribution in [-0.4, -0.2) is 74.0 Å². The van der Waals surface area contributed by atoms with Gasteiger partial charge in [-0.2, -0.15) is 11.8 Å². The van der Waals surface area contributed by atoms with Gasteiger partial charge >= 0.3 is 11.9 Å². The van der Waals surface area contributed by atoms with E-state index in [2.05, 4.69) is 5.32 Å². The largest absolute Gasteiger partial charge is 0.480 e. The Bertz CT molecular complexity index is 628. The molecule has 0 heterocycles. The van der Waals surface area contributed by atoms with Crippen molar-refractivity contribution < 1.29 is 39.3 Å². The fraction of sp³-hybridized carbons (Fsp3) is 0.667. The molecule has 1 fully saturated rings. The van der Waals surface area contributed by atoms with E-state index in [0.29, 0.717) is 0 Å². The lowest BCUT2D eigenvalue weighted by atomic mass is 9.81. The number of thioether (sulfide) groups is 1. The van der Waals surface area contributed by atoms with E-state index in [4.69, 9.17) is 16.6 Å². The molecular weight excluding hydrogens is 382 g/mol. The predicted molar refractivity (Wildman–Crippen MR) is 93.6 cm³/mol. The molecule has 0 bridgehead atoms. The standard InChI is InChI=1S/C15H23N3O8S/c16-11(21)1-2-15(17,14(25)26)8(13(24)18-5-12(22)23)6-27-10-4-7(19)3-9(10)20/h8-10,20H,1-6,17H2,(H2,16,21)(H,18,24)(H,22,23)(H,25,26). The SMILES string of the molecule is NC(=O)CCC(N)(C(=O)O)C(CSC1CC(=O)CC1O)C(=O)NCC(=O)O. The Labute approximate surface area is 158 Å². The number of hydrogen-bond donors (Lipinski definition) is 6. The fourth-order valence-electron chi connectivity index (χ4n) is 2.70. The summed E-state index contributed by atoms with van der Waals surface area (Å²) in [5.74, 6) is -6.37. The molecule has 0 aromatic carbocycles. The Morgan fingerprint density at radius 3 is 2.33 bits per heavy atom. The van der Waals surface area contributed by atoms with Crippen LogP contribution in [0.15, 0.2) is 0 Å². The number of nitrogens with two attached hydrogens (primary N) is 2. The maximum absolute atomic E-state index is 12.4. The number of Topliss-reactive ketones (excluding diaryl/α,β-unsaturated/α-hetero) is 1. The molecule has 8 N–H and O–H groups in total. The number of carbonyl (C=O) groups excluding carboxylic acids is 3. The topological polar surface area (TPSA) is 210 Å². The average molecular weight is 405 g/mol. The molecule has 152 valence electrons. The summed E-state index contributed by atoms with van der Waals surface area (Å²) in [5, 5.41) is 29.6. The molecule has 1 rings (SSSR count). The number of amides is 2. The van der Waals surface area contributed by atoms with Gasteiger partial charge in [0, 0.05) is 30.3 Å². The summed E-state index contributed by atoms with van der Waals surface area (Å²) in [6.45, 7) is -0.740. The zero-order valence-electron chi connectivity index (χ0n) is 14.4. The van der Waals surface area contributed by atoms with Gasteiger partial charge in [-0.15, -0.1) is 0 Å². The van der Waals surface area contributed by atoms with Crippen molar-refractivity contribution >= 4 is 41.3 Å². The minimum atomic E-state index is -2.18. The number of aliphatic hydroxyl groups excluding tert-OH is 1. The Morgan fingerprint density at radius 2 is 1.89 bits per heavy atom. The van der Waals surface area contributed by atoms with E-state index >= 15 is 0 Å². The molecule has 4 atom stereocenters. The van der Waals surface area contributed by atoms with E-state index < -0.39 is 59.5 Å². The lowest BCUT2D eigenvalue weighted by Crippen LogP contribution is -2.60. The monoisotopic (exact) mass is 405 g/mol. The highest BCUT2D eigenvalue weighted by Gasteiger charge is 2.47. The van der Waals surface area contributed by atoms with E-state index in [1.807, 2.05) is 0 Å². The van der Waals surface area contributed by atoms with Gasteiger partial charge in [0.1, 0.15) is 17.9 Å². The number of hydrogen-bond acceptors (Lipinski definition) is 8. The van der Waals surface area contributed by atoms with E-state index in [-0.39, 0.29) is 30.8 Å². The van der Waals surface area contributed by atoms with Crippen LogP contribution in [0.5, 0.6) is 0 Å². The summed E-state index contributed by atoms with van der Waals surface area (Å²) in [6, 6.07) is 0. The first-order chi connectivity index (χ1) is 12.5. The van der Waals surface area contributed by atoms with Crippen LogP contribution in [0.3, 0.4) is 0 Å². The van der Waals surface area contributed by atoms with E-state index in [1.54, 1.807) is 0 Å². The molecule has 12 heteroatoms. The Hall–Kier alpha value is -2.18. The number of nitrogens with one attached hydrogen (secondary N) is 1. The van der Waals surface area contributed by atoms with Gasteiger partial charge in [-0.3, -0.25) is 24.0 Å². The highest BCUT2D eigenvalue weighted by molar-refractivity contribution is 8.00. The van der Waals surface area contributed by atoms with Gasteiger partial charge in [0.2, 0.25) is 11.8 Å². The molecule has 0 saturated heterocycles. The molecule has 0 radical (unpaired) electrons. The van der Waals surface area contributed by atoms with E-state index in [0.717, 1.165) is 11.8 Å². The van der Waals surface area contributed by atoms with Crippen molar-refractivity contribution in [2.45, 2.75) is 42.6 Å². The van der Waals surface area contributed by atoms with Gasteiger partial charge in [-0.1, -0.05) is 0 Å². The van der Waals surface area contributed by atoms with Crippen LogP contribution in [-0.2, 0) is 24.0 Å². The molecule has 1 aliphatic carbocycles. The summed E-state index contributed by atoms with van der Waals surface area (Å²) in [5.41, 5.74) is 8.79. The van der Waals surface area contributed by atoms with Gasteiger partial charge in [0.15, 0.2) is 0 Å². The van der Waals surface area contributed by atoms with Crippen molar-refractivity contribution in [2.75, 3.05) is 12.3 Å². The smallest absolute Gasteiger partial charge is 0.324 e. The van der Waals surface area contributed by atoms with Crippen LogP contribution in [0.1, 0.15) is 25.7 Å². The van der Waals surface area contributed by atoms with Gasteiger partial charge in [-0.05, 0) is 6.42 Å². The highest BCUT2D eigenvalue weighted by Crippen LogP contribution is 2.33. The van der Waals surface area contributed by atoms with Crippen LogP contribution < -0.4 is 16.8 Å². The fourth-order valence-corrected chi connectivity index (χ4v) is 4.21. The number of carboxylic acid groups (broad SMARTS) is 2. The molecule has 0 aliphatic heterocycles. The molecule has 1 saturated carbocycles.